The lowest BCUT2D eigenvalue weighted by Crippen LogP contribution is -2.00. The molecule has 2 aromatic rings. The quantitative estimate of drug-likeness (QED) is 0.853. The smallest absolute Gasteiger partial charge is 0.0992 e. The Hall–Kier alpha value is -1.40. The molecular weight excluding hydrogens is 303 g/mol. The Morgan fingerprint density at radius 2 is 1.79 bits per heavy atom. The van der Waals surface area contributed by atoms with Gasteiger partial charge in [0.2, 0.25) is 0 Å². The van der Waals surface area contributed by atoms with Crippen molar-refractivity contribution < 1.29 is 0 Å². The molecule has 1 N–H and O–H groups in total. The van der Waals surface area contributed by atoms with Crippen LogP contribution in [0, 0.1) is 11.3 Å². The van der Waals surface area contributed by atoms with E-state index in [4.69, 9.17) is 40.1 Å². The van der Waals surface area contributed by atoms with Gasteiger partial charge in [-0.25, -0.2) is 0 Å². The summed E-state index contributed by atoms with van der Waals surface area (Å²) < 4.78 is 0. The average molecular weight is 312 g/mol. The van der Waals surface area contributed by atoms with E-state index < -0.39 is 0 Å². The number of hydrogen-bond acceptors (Lipinski definition) is 2. The number of anilines is 1. The van der Waals surface area contributed by atoms with Gasteiger partial charge in [0, 0.05) is 16.6 Å². The van der Waals surface area contributed by atoms with Crippen molar-refractivity contribution in [3.8, 4) is 6.07 Å². The van der Waals surface area contributed by atoms with Gasteiger partial charge in [-0.1, -0.05) is 34.8 Å². The van der Waals surface area contributed by atoms with Crippen LogP contribution < -0.4 is 5.32 Å². The summed E-state index contributed by atoms with van der Waals surface area (Å²) in [4.78, 5) is 0. The van der Waals surface area contributed by atoms with E-state index in [-0.39, 0.29) is 0 Å². The molecule has 96 valence electrons. The van der Waals surface area contributed by atoms with E-state index in [1.807, 2.05) is 6.07 Å². The van der Waals surface area contributed by atoms with Gasteiger partial charge in [0.1, 0.15) is 0 Å². The zero-order valence-corrected chi connectivity index (χ0v) is 12.0. The fraction of sp³-hybridized carbons (Fsp3) is 0.0714. The highest BCUT2D eigenvalue weighted by atomic mass is 35.5. The third-order valence-electron chi connectivity index (χ3n) is 2.58. The topological polar surface area (TPSA) is 35.8 Å². The minimum atomic E-state index is 0.497. The van der Waals surface area contributed by atoms with E-state index in [0.717, 1.165) is 11.3 Å². The van der Waals surface area contributed by atoms with E-state index >= 15 is 0 Å². The van der Waals surface area contributed by atoms with E-state index in [1.54, 1.807) is 36.4 Å². The third-order valence-corrected chi connectivity index (χ3v) is 3.49. The Kier molecular flexibility index (Phi) is 4.55. The molecule has 0 unspecified atom stereocenters. The van der Waals surface area contributed by atoms with Gasteiger partial charge in [0.05, 0.1) is 22.3 Å². The number of halogens is 3. The zero-order chi connectivity index (χ0) is 13.8. The number of nitrogens with one attached hydrogen (secondary N) is 1. The summed E-state index contributed by atoms with van der Waals surface area (Å²) in [7, 11) is 0. The number of rotatable bonds is 3. The van der Waals surface area contributed by atoms with Crippen molar-refractivity contribution in [1.29, 1.82) is 5.26 Å². The molecule has 0 amide bonds. The number of nitrogens with zero attached hydrogens (tertiary/aromatic N) is 1. The van der Waals surface area contributed by atoms with Crippen LogP contribution in [0.15, 0.2) is 36.4 Å². The normalized spacial score (nSPS) is 10.0. The first-order valence-corrected chi connectivity index (χ1v) is 6.61. The maximum absolute atomic E-state index is 8.77. The highest BCUT2D eigenvalue weighted by Crippen LogP contribution is 2.25. The van der Waals surface area contributed by atoms with Gasteiger partial charge in [-0.2, -0.15) is 5.26 Å². The third kappa shape index (κ3) is 3.54. The minimum Gasteiger partial charge on any atom is -0.380 e. The summed E-state index contributed by atoms with van der Waals surface area (Å²) >= 11 is 18.1. The maximum Gasteiger partial charge on any atom is 0.0992 e. The largest absolute Gasteiger partial charge is 0.380 e. The summed E-state index contributed by atoms with van der Waals surface area (Å²) in [6.07, 6.45) is 0. The molecule has 19 heavy (non-hydrogen) atoms. The fourth-order valence-electron chi connectivity index (χ4n) is 1.60. The maximum atomic E-state index is 8.77. The molecule has 0 aromatic heterocycles. The summed E-state index contributed by atoms with van der Waals surface area (Å²) in [5, 5.41) is 13.7. The van der Waals surface area contributed by atoms with Crippen LogP contribution in [0.2, 0.25) is 15.1 Å². The highest BCUT2D eigenvalue weighted by Gasteiger charge is 2.04. The number of nitriles is 1. The van der Waals surface area contributed by atoms with E-state index in [1.165, 1.54) is 0 Å². The monoisotopic (exact) mass is 310 g/mol. The van der Waals surface area contributed by atoms with Gasteiger partial charge in [-0.05, 0) is 42.0 Å². The Labute approximate surface area is 126 Å². The lowest BCUT2D eigenvalue weighted by atomic mass is 10.2. The molecule has 2 aromatic carbocycles. The zero-order valence-electron chi connectivity index (χ0n) is 9.75. The van der Waals surface area contributed by atoms with Crippen molar-refractivity contribution in [2.24, 2.45) is 0 Å². The van der Waals surface area contributed by atoms with Crippen molar-refractivity contribution in [2.75, 3.05) is 5.32 Å². The van der Waals surface area contributed by atoms with Crippen LogP contribution in [-0.4, -0.2) is 0 Å². The Balaban J connectivity index is 2.15. The first-order chi connectivity index (χ1) is 9.10. The molecule has 0 aliphatic rings. The van der Waals surface area contributed by atoms with Gasteiger partial charge < -0.3 is 5.32 Å². The molecule has 0 bridgehead atoms. The fourth-order valence-corrected chi connectivity index (χ4v) is 2.22. The highest BCUT2D eigenvalue weighted by molar-refractivity contribution is 6.34. The van der Waals surface area contributed by atoms with Gasteiger partial charge in [0.15, 0.2) is 0 Å². The minimum absolute atomic E-state index is 0.497. The molecule has 0 saturated carbocycles. The Bertz CT molecular complexity index is 648. The van der Waals surface area contributed by atoms with Crippen LogP contribution >= 0.6 is 34.8 Å². The molecule has 0 saturated heterocycles. The molecule has 0 radical (unpaired) electrons. The summed E-state index contributed by atoms with van der Waals surface area (Å²) in [5.74, 6) is 0. The van der Waals surface area contributed by atoms with Crippen molar-refractivity contribution in [3.05, 3.63) is 62.6 Å². The van der Waals surface area contributed by atoms with E-state index in [0.29, 0.717) is 27.2 Å². The first kappa shape index (κ1) is 14.0. The number of hydrogen-bond donors (Lipinski definition) is 1. The van der Waals surface area contributed by atoms with Crippen molar-refractivity contribution in [3.63, 3.8) is 0 Å². The second kappa shape index (κ2) is 6.16. The van der Waals surface area contributed by atoms with Crippen LogP contribution in [0.25, 0.3) is 0 Å². The number of benzene rings is 2. The molecule has 2 nitrogen and oxygen atoms in total. The van der Waals surface area contributed by atoms with Crippen molar-refractivity contribution >= 4 is 40.5 Å². The molecular formula is C14H9Cl3N2. The first-order valence-electron chi connectivity index (χ1n) is 5.47. The van der Waals surface area contributed by atoms with Crippen molar-refractivity contribution in [1.82, 2.24) is 0 Å². The van der Waals surface area contributed by atoms with E-state index in [2.05, 4.69) is 5.32 Å². The molecule has 0 spiro atoms. The van der Waals surface area contributed by atoms with Crippen LogP contribution in [0.3, 0.4) is 0 Å². The van der Waals surface area contributed by atoms with Crippen LogP contribution in [0.5, 0.6) is 0 Å². The van der Waals surface area contributed by atoms with Gasteiger partial charge in [-0.15, -0.1) is 0 Å². The van der Waals surface area contributed by atoms with Crippen LogP contribution in [-0.2, 0) is 6.54 Å². The van der Waals surface area contributed by atoms with Crippen molar-refractivity contribution in [2.45, 2.75) is 6.54 Å². The van der Waals surface area contributed by atoms with Gasteiger partial charge >= 0.3 is 0 Å². The standard InChI is InChI=1S/C14H9Cl3N2/c15-11-2-3-12(16)10(6-11)8-19-14-4-1-9(7-18)5-13(14)17/h1-6,19H,8H2. The lowest BCUT2D eigenvalue weighted by molar-refractivity contribution is 1.15. The van der Waals surface area contributed by atoms with Crippen LogP contribution in [0.4, 0.5) is 5.69 Å². The van der Waals surface area contributed by atoms with Crippen LogP contribution in [0.1, 0.15) is 11.1 Å². The summed E-state index contributed by atoms with van der Waals surface area (Å²) in [6.45, 7) is 0.505. The molecule has 0 aliphatic carbocycles. The second-order valence-electron chi connectivity index (χ2n) is 3.90. The molecule has 2 rings (SSSR count). The van der Waals surface area contributed by atoms with Gasteiger partial charge in [-0.3, -0.25) is 0 Å². The molecule has 0 aliphatic heterocycles. The predicted molar refractivity (Wildman–Crippen MR) is 80.0 cm³/mol. The molecule has 0 heterocycles. The summed E-state index contributed by atoms with van der Waals surface area (Å²) in [5.41, 5.74) is 2.16. The van der Waals surface area contributed by atoms with E-state index in [9.17, 15) is 0 Å². The average Bonchev–Trinajstić information content (AvgIpc) is 2.40. The molecule has 0 fully saturated rings. The SMILES string of the molecule is N#Cc1ccc(NCc2cc(Cl)ccc2Cl)c(Cl)c1. The second-order valence-corrected chi connectivity index (χ2v) is 5.15. The lowest BCUT2D eigenvalue weighted by Gasteiger charge is -2.10. The Morgan fingerprint density at radius 1 is 1.00 bits per heavy atom. The van der Waals surface area contributed by atoms with Gasteiger partial charge in [0.25, 0.3) is 0 Å². The molecule has 5 heteroatoms. The molecule has 0 atom stereocenters. The summed E-state index contributed by atoms with van der Waals surface area (Å²) in [6, 6.07) is 12.4. The predicted octanol–water partition coefficient (Wildman–Crippen LogP) is 5.13. The Morgan fingerprint density at radius 3 is 2.47 bits per heavy atom.